The molecule has 18 heavy (non-hydrogen) atoms. The van der Waals surface area contributed by atoms with Crippen LogP contribution in [0.15, 0.2) is 18.5 Å². The van der Waals surface area contributed by atoms with Gasteiger partial charge in [0, 0.05) is 20.3 Å². The number of rotatable bonds is 3. The van der Waals surface area contributed by atoms with Crippen LogP contribution in [0.1, 0.15) is 11.4 Å². The van der Waals surface area contributed by atoms with Gasteiger partial charge >= 0.3 is 6.18 Å². The predicted molar refractivity (Wildman–Crippen MR) is 59.1 cm³/mol. The lowest BCUT2D eigenvalue weighted by molar-refractivity contribution is -0.143. The number of aryl methyl sites for hydroxylation is 1. The van der Waals surface area contributed by atoms with Gasteiger partial charge in [-0.15, -0.1) is 0 Å². The highest BCUT2D eigenvalue weighted by Gasteiger charge is 2.34. The van der Waals surface area contributed by atoms with E-state index in [0.717, 1.165) is 16.4 Å². The van der Waals surface area contributed by atoms with Crippen molar-refractivity contribution < 1.29 is 13.2 Å². The second-order valence-corrected chi connectivity index (χ2v) is 3.82. The lowest BCUT2D eigenvalue weighted by Gasteiger charge is -2.04. The summed E-state index contributed by atoms with van der Waals surface area (Å²) in [6.07, 6.45) is -1.10. The van der Waals surface area contributed by atoms with Crippen molar-refractivity contribution in [1.82, 2.24) is 19.6 Å². The zero-order chi connectivity index (χ0) is 13.3. The van der Waals surface area contributed by atoms with Crippen molar-refractivity contribution >= 4 is 5.69 Å². The summed E-state index contributed by atoms with van der Waals surface area (Å²) in [5.41, 5.74) is 0.344. The van der Waals surface area contributed by atoms with E-state index in [1.807, 2.05) is 0 Å². The molecule has 2 heterocycles. The molecule has 2 rings (SSSR count). The van der Waals surface area contributed by atoms with Crippen LogP contribution in [0.3, 0.4) is 0 Å². The topological polar surface area (TPSA) is 47.7 Å². The SMILES string of the molecule is CNc1cnn(Cc2cc(C(F)(F)F)n(C)n2)c1. The monoisotopic (exact) mass is 259 g/mol. The predicted octanol–water partition coefficient (Wildman–Crippen LogP) is 1.73. The molecule has 0 atom stereocenters. The summed E-state index contributed by atoms with van der Waals surface area (Å²) >= 11 is 0. The second-order valence-electron chi connectivity index (χ2n) is 3.82. The Balaban J connectivity index is 2.20. The molecular weight excluding hydrogens is 247 g/mol. The third-order valence-electron chi connectivity index (χ3n) is 2.47. The van der Waals surface area contributed by atoms with Crippen LogP contribution in [0.2, 0.25) is 0 Å². The molecule has 0 saturated carbocycles. The lowest BCUT2D eigenvalue weighted by atomic mass is 10.3. The van der Waals surface area contributed by atoms with E-state index in [0.29, 0.717) is 5.69 Å². The molecule has 0 amide bonds. The summed E-state index contributed by atoms with van der Waals surface area (Å²) in [5, 5.41) is 10.7. The average molecular weight is 259 g/mol. The Bertz CT molecular complexity index is 540. The van der Waals surface area contributed by atoms with Crippen LogP contribution in [-0.2, 0) is 19.8 Å². The number of aromatic nitrogens is 4. The highest BCUT2D eigenvalue weighted by molar-refractivity contribution is 5.37. The van der Waals surface area contributed by atoms with E-state index in [1.54, 1.807) is 19.4 Å². The Morgan fingerprint density at radius 2 is 2.11 bits per heavy atom. The van der Waals surface area contributed by atoms with Gasteiger partial charge in [-0.2, -0.15) is 23.4 Å². The molecule has 0 saturated heterocycles. The van der Waals surface area contributed by atoms with Gasteiger partial charge in [0.25, 0.3) is 0 Å². The van der Waals surface area contributed by atoms with E-state index in [4.69, 9.17) is 0 Å². The van der Waals surface area contributed by atoms with Gasteiger partial charge in [-0.1, -0.05) is 0 Å². The Labute approximate surface area is 101 Å². The Morgan fingerprint density at radius 1 is 1.39 bits per heavy atom. The standard InChI is InChI=1S/C10H12F3N5/c1-14-8-4-15-18(6-8)5-7-3-9(10(11,12)13)17(2)16-7/h3-4,6,14H,5H2,1-2H3. The third kappa shape index (κ3) is 2.47. The van der Waals surface area contributed by atoms with Crippen LogP contribution in [0.25, 0.3) is 0 Å². The van der Waals surface area contributed by atoms with Crippen molar-refractivity contribution in [3.63, 3.8) is 0 Å². The average Bonchev–Trinajstić information content (AvgIpc) is 2.84. The largest absolute Gasteiger partial charge is 0.433 e. The molecule has 98 valence electrons. The second kappa shape index (κ2) is 4.35. The van der Waals surface area contributed by atoms with Gasteiger partial charge in [-0.25, -0.2) is 0 Å². The number of hydrogen-bond donors (Lipinski definition) is 1. The van der Waals surface area contributed by atoms with Gasteiger partial charge in [0.1, 0.15) is 5.69 Å². The van der Waals surface area contributed by atoms with Crippen LogP contribution in [0.4, 0.5) is 18.9 Å². The maximum atomic E-state index is 12.6. The Kier molecular flexibility index (Phi) is 3.02. The number of nitrogens with zero attached hydrogens (tertiary/aromatic N) is 4. The van der Waals surface area contributed by atoms with E-state index in [-0.39, 0.29) is 6.54 Å². The first-order valence-electron chi connectivity index (χ1n) is 5.20. The number of anilines is 1. The van der Waals surface area contributed by atoms with Gasteiger partial charge in [-0.05, 0) is 6.07 Å². The minimum atomic E-state index is -4.39. The van der Waals surface area contributed by atoms with Crippen molar-refractivity contribution in [3.05, 3.63) is 29.8 Å². The molecule has 2 aromatic rings. The van der Waals surface area contributed by atoms with E-state index < -0.39 is 11.9 Å². The van der Waals surface area contributed by atoms with Gasteiger partial charge in [0.05, 0.1) is 24.1 Å². The van der Waals surface area contributed by atoms with Crippen molar-refractivity contribution in [2.45, 2.75) is 12.7 Å². The third-order valence-corrected chi connectivity index (χ3v) is 2.47. The van der Waals surface area contributed by atoms with Gasteiger partial charge in [0.15, 0.2) is 0 Å². The zero-order valence-electron chi connectivity index (χ0n) is 9.86. The van der Waals surface area contributed by atoms with E-state index in [9.17, 15) is 13.2 Å². The van der Waals surface area contributed by atoms with Crippen molar-refractivity contribution in [2.24, 2.45) is 7.05 Å². The maximum absolute atomic E-state index is 12.6. The minimum absolute atomic E-state index is 0.200. The molecule has 8 heteroatoms. The highest BCUT2D eigenvalue weighted by atomic mass is 19.4. The van der Waals surface area contributed by atoms with Crippen molar-refractivity contribution in [1.29, 1.82) is 0 Å². The molecule has 0 aromatic carbocycles. The first kappa shape index (κ1) is 12.5. The van der Waals surface area contributed by atoms with Crippen LogP contribution in [0, 0.1) is 0 Å². The van der Waals surface area contributed by atoms with Crippen LogP contribution < -0.4 is 5.32 Å². The maximum Gasteiger partial charge on any atom is 0.433 e. The first-order chi connectivity index (χ1) is 8.40. The molecule has 0 fully saturated rings. The Hall–Kier alpha value is -1.99. The summed E-state index contributed by atoms with van der Waals surface area (Å²) in [4.78, 5) is 0. The number of halogens is 3. The molecule has 2 aromatic heterocycles. The number of nitrogens with one attached hydrogen (secondary N) is 1. The Morgan fingerprint density at radius 3 is 2.61 bits per heavy atom. The zero-order valence-corrected chi connectivity index (χ0v) is 9.86. The van der Waals surface area contributed by atoms with E-state index >= 15 is 0 Å². The summed E-state index contributed by atoms with van der Waals surface area (Å²) < 4.78 is 40.1. The van der Waals surface area contributed by atoms with Crippen LogP contribution in [-0.4, -0.2) is 26.6 Å². The first-order valence-corrected chi connectivity index (χ1v) is 5.20. The molecule has 5 nitrogen and oxygen atoms in total. The lowest BCUT2D eigenvalue weighted by Crippen LogP contribution is -2.11. The van der Waals surface area contributed by atoms with Crippen LogP contribution >= 0.6 is 0 Å². The molecule has 0 aliphatic carbocycles. The quantitative estimate of drug-likeness (QED) is 0.913. The van der Waals surface area contributed by atoms with E-state index in [1.165, 1.54) is 11.7 Å². The molecular formula is C10H12F3N5. The molecule has 0 bridgehead atoms. The van der Waals surface area contributed by atoms with Crippen LogP contribution in [0.5, 0.6) is 0 Å². The normalized spacial score (nSPS) is 11.8. The van der Waals surface area contributed by atoms with E-state index in [2.05, 4.69) is 15.5 Å². The smallest absolute Gasteiger partial charge is 0.386 e. The molecule has 0 unspecified atom stereocenters. The summed E-state index contributed by atoms with van der Waals surface area (Å²) in [5.74, 6) is 0. The summed E-state index contributed by atoms with van der Waals surface area (Å²) in [6.45, 7) is 0.200. The fraction of sp³-hybridized carbons (Fsp3) is 0.400. The molecule has 0 spiro atoms. The number of hydrogen-bond acceptors (Lipinski definition) is 3. The summed E-state index contributed by atoms with van der Waals surface area (Å²) in [6, 6.07) is 1.03. The molecule has 0 radical (unpaired) electrons. The molecule has 0 aliphatic rings. The molecule has 1 N–H and O–H groups in total. The summed E-state index contributed by atoms with van der Waals surface area (Å²) in [7, 11) is 3.01. The number of alkyl halides is 3. The van der Waals surface area contributed by atoms with Gasteiger partial charge in [0.2, 0.25) is 0 Å². The fourth-order valence-electron chi connectivity index (χ4n) is 1.61. The van der Waals surface area contributed by atoms with Crippen molar-refractivity contribution in [2.75, 3.05) is 12.4 Å². The minimum Gasteiger partial charge on any atom is -0.386 e. The highest BCUT2D eigenvalue weighted by Crippen LogP contribution is 2.29. The van der Waals surface area contributed by atoms with Gasteiger partial charge in [-0.3, -0.25) is 9.36 Å². The van der Waals surface area contributed by atoms with Gasteiger partial charge < -0.3 is 5.32 Å². The molecule has 0 aliphatic heterocycles. The van der Waals surface area contributed by atoms with Crippen molar-refractivity contribution in [3.8, 4) is 0 Å². The fourth-order valence-corrected chi connectivity index (χ4v) is 1.61.